The molecular weight excluding hydrogens is 391 g/mol. The first kappa shape index (κ1) is 22.8. The van der Waals surface area contributed by atoms with Gasteiger partial charge in [0.05, 0.1) is 6.04 Å². The fraction of sp³-hybridized carbons (Fsp3) is 0.474. The third kappa shape index (κ3) is 6.16. The van der Waals surface area contributed by atoms with E-state index >= 15 is 0 Å². The molecule has 6 heteroatoms. The number of benzene rings is 1. The molecule has 0 amide bonds. The van der Waals surface area contributed by atoms with Crippen molar-refractivity contribution in [2.45, 2.75) is 36.5 Å². The predicted molar refractivity (Wildman–Crippen MR) is 117 cm³/mol. The highest BCUT2D eigenvalue weighted by Gasteiger charge is 2.27. The second kappa shape index (κ2) is 10.2. The number of halogens is 2. The molecule has 0 aliphatic carbocycles. The first-order valence-electron chi connectivity index (χ1n) is 8.31. The number of hydrogen-bond donors (Lipinski definition) is 1. The van der Waals surface area contributed by atoms with Crippen LogP contribution in [0.15, 0.2) is 46.7 Å². The van der Waals surface area contributed by atoms with E-state index in [0.29, 0.717) is 6.04 Å². The molecule has 140 valence electrons. The molecule has 1 fully saturated rings. The Kier molecular flexibility index (Phi) is 9.30. The van der Waals surface area contributed by atoms with Gasteiger partial charge in [0, 0.05) is 40.7 Å². The second-order valence-corrected chi connectivity index (χ2v) is 9.80. The zero-order chi connectivity index (χ0) is 16.3. The maximum atomic E-state index is 3.48. The van der Waals surface area contributed by atoms with E-state index in [4.69, 9.17) is 0 Å². The lowest BCUT2D eigenvalue weighted by molar-refractivity contribution is 0.199. The summed E-state index contributed by atoms with van der Waals surface area (Å²) in [6.45, 7) is 11.2. The largest absolute Gasteiger partial charge is 0.314 e. The van der Waals surface area contributed by atoms with Crippen molar-refractivity contribution in [3.05, 3.63) is 52.2 Å². The van der Waals surface area contributed by atoms with Gasteiger partial charge in [0.25, 0.3) is 0 Å². The summed E-state index contributed by atoms with van der Waals surface area (Å²) in [5, 5.41) is 5.67. The van der Waals surface area contributed by atoms with Gasteiger partial charge < -0.3 is 5.32 Å². The monoisotopic (exact) mass is 418 g/mol. The Balaban J connectivity index is 0.00000156. The van der Waals surface area contributed by atoms with Crippen LogP contribution in [0.1, 0.15) is 37.3 Å². The van der Waals surface area contributed by atoms with Crippen molar-refractivity contribution in [1.82, 2.24) is 10.2 Å². The standard InChI is InChI=1S/C19H26N2S2.2ClH/c1-19(2,3)23-16-8-5-4-7-15(16)18(17-9-6-14-22-17)21-12-10-20-11-13-21;;/h4-9,14,18,20H,10-13H2,1-3H3;2*1H/t18-;;/m1../s1. The van der Waals surface area contributed by atoms with Crippen LogP contribution in [0, 0.1) is 0 Å². The predicted octanol–water partition coefficient (Wildman–Crippen LogP) is 5.48. The normalized spacial score (nSPS) is 16.6. The van der Waals surface area contributed by atoms with Crippen LogP contribution in [-0.4, -0.2) is 35.8 Å². The second-order valence-electron chi connectivity index (χ2n) is 6.96. The Morgan fingerprint density at radius 2 is 1.72 bits per heavy atom. The zero-order valence-corrected chi connectivity index (χ0v) is 18.3. The first-order chi connectivity index (χ1) is 11.0. The minimum absolute atomic E-state index is 0. The molecule has 1 aliphatic heterocycles. The Labute approximate surface area is 172 Å². The van der Waals surface area contributed by atoms with Crippen molar-refractivity contribution in [2.75, 3.05) is 26.2 Å². The molecule has 0 radical (unpaired) electrons. The van der Waals surface area contributed by atoms with E-state index in [0.717, 1.165) is 26.2 Å². The van der Waals surface area contributed by atoms with Crippen LogP contribution in [0.25, 0.3) is 0 Å². The molecular formula is C19H28Cl2N2S2. The van der Waals surface area contributed by atoms with Crippen LogP contribution in [0.5, 0.6) is 0 Å². The summed E-state index contributed by atoms with van der Waals surface area (Å²) in [5.74, 6) is 0. The van der Waals surface area contributed by atoms with Crippen molar-refractivity contribution >= 4 is 47.9 Å². The Morgan fingerprint density at radius 1 is 1.04 bits per heavy atom. The van der Waals surface area contributed by atoms with Crippen molar-refractivity contribution in [3.63, 3.8) is 0 Å². The minimum atomic E-state index is 0. The number of thiophene rings is 1. The summed E-state index contributed by atoms with van der Waals surface area (Å²) >= 11 is 3.85. The average molecular weight is 419 g/mol. The Hall–Kier alpha value is -0.230. The fourth-order valence-corrected chi connectivity index (χ4v) is 5.03. The first-order valence-corrected chi connectivity index (χ1v) is 10.0. The van der Waals surface area contributed by atoms with Gasteiger partial charge in [-0.2, -0.15) is 0 Å². The van der Waals surface area contributed by atoms with E-state index in [2.05, 4.69) is 72.8 Å². The third-order valence-corrected chi connectivity index (χ3v) is 6.09. The highest BCUT2D eigenvalue weighted by molar-refractivity contribution is 8.00. The lowest BCUT2D eigenvalue weighted by Crippen LogP contribution is -2.45. The van der Waals surface area contributed by atoms with Crippen molar-refractivity contribution in [2.24, 2.45) is 0 Å². The molecule has 0 saturated carbocycles. The number of nitrogens with one attached hydrogen (secondary N) is 1. The van der Waals surface area contributed by atoms with Gasteiger partial charge in [-0.15, -0.1) is 47.9 Å². The molecule has 2 nitrogen and oxygen atoms in total. The maximum absolute atomic E-state index is 3.48. The van der Waals surface area contributed by atoms with E-state index in [-0.39, 0.29) is 29.6 Å². The van der Waals surface area contributed by atoms with Crippen molar-refractivity contribution < 1.29 is 0 Å². The van der Waals surface area contributed by atoms with E-state index in [1.165, 1.54) is 15.3 Å². The van der Waals surface area contributed by atoms with Gasteiger partial charge in [-0.05, 0) is 23.1 Å². The molecule has 1 N–H and O–H groups in total. The zero-order valence-electron chi connectivity index (χ0n) is 15.0. The van der Waals surface area contributed by atoms with Gasteiger partial charge in [-0.3, -0.25) is 4.90 Å². The molecule has 0 bridgehead atoms. The quantitative estimate of drug-likeness (QED) is 0.661. The van der Waals surface area contributed by atoms with Gasteiger partial charge in [0.15, 0.2) is 0 Å². The maximum Gasteiger partial charge on any atom is 0.0707 e. The van der Waals surface area contributed by atoms with Gasteiger partial charge in [-0.1, -0.05) is 45.0 Å². The van der Waals surface area contributed by atoms with Crippen LogP contribution in [0.2, 0.25) is 0 Å². The van der Waals surface area contributed by atoms with Crippen LogP contribution in [0.4, 0.5) is 0 Å². The van der Waals surface area contributed by atoms with Gasteiger partial charge in [0.2, 0.25) is 0 Å². The molecule has 25 heavy (non-hydrogen) atoms. The number of piperazine rings is 1. The lowest BCUT2D eigenvalue weighted by Gasteiger charge is -2.36. The molecule has 1 aromatic carbocycles. The molecule has 3 rings (SSSR count). The van der Waals surface area contributed by atoms with Gasteiger partial charge >= 0.3 is 0 Å². The Morgan fingerprint density at radius 3 is 2.32 bits per heavy atom. The summed E-state index contributed by atoms with van der Waals surface area (Å²) < 4.78 is 0.222. The summed E-state index contributed by atoms with van der Waals surface area (Å²) in [5.41, 5.74) is 1.46. The van der Waals surface area contributed by atoms with Gasteiger partial charge in [-0.25, -0.2) is 0 Å². The van der Waals surface area contributed by atoms with Gasteiger partial charge in [0.1, 0.15) is 0 Å². The summed E-state index contributed by atoms with van der Waals surface area (Å²) in [7, 11) is 0. The Bertz CT molecular complexity index is 621. The van der Waals surface area contributed by atoms with Crippen LogP contribution in [-0.2, 0) is 0 Å². The van der Waals surface area contributed by atoms with Crippen molar-refractivity contribution in [1.29, 1.82) is 0 Å². The molecule has 0 spiro atoms. The molecule has 1 saturated heterocycles. The topological polar surface area (TPSA) is 15.3 Å². The van der Waals surface area contributed by atoms with Crippen LogP contribution < -0.4 is 5.32 Å². The van der Waals surface area contributed by atoms with E-state index in [1.807, 2.05) is 23.1 Å². The number of hydrogen-bond acceptors (Lipinski definition) is 4. The third-order valence-electron chi connectivity index (χ3n) is 3.96. The summed E-state index contributed by atoms with van der Waals surface area (Å²) in [6, 6.07) is 13.8. The number of rotatable bonds is 4. The molecule has 1 atom stereocenters. The fourth-order valence-electron chi connectivity index (χ4n) is 3.05. The highest BCUT2D eigenvalue weighted by atomic mass is 35.5. The van der Waals surface area contributed by atoms with E-state index < -0.39 is 0 Å². The van der Waals surface area contributed by atoms with Crippen LogP contribution in [0.3, 0.4) is 0 Å². The molecule has 1 aliphatic rings. The van der Waals surface area contributed by atoms with Crippen LogP contribution >= 0.6 is 47.9 Å². The molecule has 2 aromatic rings. The number of nitrogens with zero attached hydrogens (tertiary/aromatic N) is 1. The van der Waals surface area contributed by atoms with E-state index in [1.54, 1.807) is 0 Å². The average Bonchev–Trinajstić information content (AvgIpc) is 3.03. The van der Waals surface area contributed by atoms with E-state index in [9.17, 15) is 0 Å². The summed E-state index contributed by atoms with van der Waals surface area (Å²) in [6.07, 6.45) is 0. The number of thioether (sulfide) groups is 1. The molecule has 1 aromatic heterocycles. The molecule has 0 unspecified atom stereocenters. The minimum Gasteiger partial charge on any atom is -0.314 e. The summed E-state index contributed by atoms with van der Waals surface area (Å²) in [4.78, 5) is 5.50. The SMILES string of the molecule is CC(C)(C)Sc1ccccc1[C@H](c1cccs1)N1CCNCC1.Cl.Cl. The highest BCUT2D eigenvalue weighted by Crippen LogP contribution is 2.41. The smallest absolute Gasteiger partial charge is 0.0707 e. The molecule has 2 heterocycles. The van der Waals surface area contributed by atoms with Crippen molar-refractivity contribution in [3.8, 4) is 0 Å². The lowest BCUT2D eigenvalue weighted by atomic mass is 10.0.